The lowest BCUT2D eigenvalue weighted by Gasteiger charge is -2.07. The van der Waals surface area contributed by atoms with Gasteiger partial charge in [-0.15, -0.1) is 0 Å². The summed E-state index contributed by atoms with van der Waals surface area (Å²) < 4.78 is 5.39. The molecule has 0 unspecified atom stereocenters. The van der Waals surface area contributed by atoms with Crippen LogP contribution < -0.4 is 4.74 Å². The molecule has 74 valence electrons. The molecule has 14 heavy (non-hydrogen) atoms. The van der Waals surface area contributed by atoms with E-state index in [0.717, 1.165) is 16.9 Å². The third-order valence-corrected chi connectivity index (χ3v) is 1.87. The summed E-state index contributed by atoms with van der Waals surface area (Å²) in [5.74, 6) is 0.881. The number of hydrogen-bond acceptors (Lipinski definition) is 3. The zero-order valence-corrected chi connectivity index (χ0v) is 8.41. The molecule has 0 amide bonds. The molecule has 0 aliphatic rings. The van der Waals surface area contributed by atoms with E-state index >= 15 is 0 Å². The van der Waals surface area contributed by atoms with E-state index in [-0.39, 0.29) is 0 Å². The van der Waals surface area contributed by atoms with Gasteiger partial charge in [0.2, 0.25) is 6.08 Å². The molecule has 1 aromatic carbocycles. The Balaban J connectivity index is 2.82. The number of benzene rings is 1. The van der Waals surface area contributed by atoms with E-state index in [4.69, 9.17) is 4.74 Å². The third-order valence-electron chi connectivity index (χ3n) is 1.87. The van der Waals surface area contributed by atoms with Gasteiger partial charge in [0, 0.05) is 0 Å². The molecule has 0 aliphatic carbocycles. The number of aliphatic imine (C=N–C) groups is 1. The van der Waals surface area contributed by atoms with Crippen LogP contribution in [0, 0.1) is 6.92 Å². The van der Waals surface area contributed by atoms with Crippen molar-refractivity contribution in [1.82, 2.24) is 0 Å². The van der Waals surface area contributed by atoms with Gasteiger partial charge in [0.05, 0.1) is 13.2 Å². The summed E-state index contributed by atoms with van der Waals surface area (Å²) >= 11 is 0. The van der Waals surface area contributed by atoms with Crippen LogP contribution in [0.15, 0.2) is 23.2 Å². The van der Waals surface area contributed by atoms with Crippen LogP contribution in [-0.4, -0.2) is 12.7 Å². The maximum Gasteiger partial charge on any atom is 0.235 e. The van der Waals surface area contributed by atoms with Crippen molar-refractivity contribution < 1.29 is 9.53 Å². The average Bonchev–Trinajstić information content (AvgIpc) is 2.19. The summed E-state index contributed by atoms with van der Waals surface area (Å²) in [7, 11) is 0. The van der Waals surface area contributed by atoms with Crippen LogP contribution in [0.4, 0.5) is 0 Å². The van der Waals surface area contributed by atoms with Gasteiger partial charge in [-0.1, -0.05) is 12.1 Å². The number of nitrogens with zero attached hydrogens (tertiary/aromatic N) is 1. The minimum Gasteiger partial charge on any atom is -0.494 e. The molecule has 0 spiro atoms. The van der Waals surface area contributed by atoms with Gasteiger partial charge in [0.25, 0.3) is 0 Å². The van der Waals surface area contributed by atoms with E-state index in [0.29, 0.717) is 13.2 Å². The molecule has 0 aromatic heterocycles. The van der Waals surface area contributed by atoms with E-state index in [1.807, 2.05) is 32.0 Å². The maximum absolute atomic E-state index is 9.92. The lowest BCUT2D eigenvalue weighted by atomic mass is 10.1. The zero-order chi connectivity index (χ0) is 10.4. The highest BCUT2D eigenvalue weighted by Crippen LogP contribution is 2.19. The molecule has 0 aliphatic heterocycles. The molecule has 1 aromatic rings. The molecule has 1 rings (SSSR count). The van der Waals surface area contributed by atoms with Gasteiger partial charge in [-0.3, -0.25) is 0 Å². The monoisotopic (exact) mass is 191 g/mol. The Labute approximate surface area is 83.4 Å². The van der Waals surface area contributed by atoms with Crippen molar-refractivity contribution in [2.75, 3.05) is 6.61 Å². The fraction of sp³-hybridized carbons (Fsp3) is 0.364. The van der Waals surface area contributed by atoms with Crippen LogP contribution in [0.2, 0.25) is 0 Å². The average molecular weight is 191 g/mol. The molecule has 0 radical (unpaired) electrons. The van der Waals surface area contributed by atoms with Crippen LogP contribution >= 0.6 is 0 Å². The Hall–Kier alpha value is -1.60. The van der Waals surface area contributed by atoms with Crippen LogP contribution in [0.25, 0.3) is 0 Å². The van der Waals surface area contributed by atoms with Crippen LogP contribution in [0.1, 0.15) is 18.1 Å². The van der Waals surface area contributed by atoms with Crippen molar-refractivity contribution in [2.45, 2.75) is 20.4 Å². The van der Waals surface area contributed by atoms with Crippen LogP contribution in [0.5, 0.6) is 5.75 Å². The van der Waals surface area contributed by atoms with Crippen LogP contribution in [-0.2, 0) is 11.3 Å². The number of rotatable bonds is 4. The van der Waals surface area contributed by atoms with Crippen molar-refractivity contribution in [3.05, 3.63) is 29.3 Å². The normalized spacial score (nSPS) is 9.29. The highest BCUT2D eigenvalue weighted by Gasteiger charge is 1.99. The Morgan fingerprint density at radius 1 is 1.50 bits per heavy atom. The van der Waals surface area contributed by atoms with Gasteiger partial charge >= 0.3 is 0 Å². The zero-order valence-electron chi connectivity index (χ0n) is 8.41. The molecular formula is C11H13NO2. The molecule has 0 heterocycles. The number of hydrogen-bond donors (Lipinski definition) is 0. The van der Waals surface area contributed by atoms with Crippen molar-refractivity contribution in [3.63, 3.8) is 0 Å². The highest BCUT2D eigenvalue weighted by atomic mass is 16.5. The first-order chi connectivity index (χ1) is 6.77. The van der Waals surface area contributed by atoms with Crippen LogP contribution in [0.3, 0.4) is 0 Å². The minimum atomic E-state index is 0.386. The van der Waals surface area contributed by atoms with E-state index in [1.54, 1.807) is 0 Å². The summed E-state index contributed by atoms with van der Waals surface area (Å²) in [6.07, 6.45) is 1.52. The van der Waals surface area contributed by atoms with E-state index in [1.165, 1.54) is 6.08 Å². The number of ether oxygens (including phenoxy) is 1. The fourth-order valence-corrected chi connectivity index (χ4v) is 1.25. The quantitative estimate of drug-likeness (QED) is 0.540. The van der Waals surface area contributed by atoms with Gasteiger partial charge in [-0.25, -0.2) is 9.79 Å². The summed E-state index contributed by atoms with van der Waals surface area (Å²) in [5, 5.41) is 0. The topological polar surface area (TPSA) is 38.7 Å². The van der Waals surface area contributed by atoms with Crippen molar-refractivity contribution in [3.8, 4) is 5.75 Å². The van der Waals surface area contributed by atoms with Crippen molar-refractivity contribution in [1.29, 1.82) is 0 Å². The summed E-state index contributed by atoms with van der Waals surface area (Å²) in [4.78, 5) is 13.4. The van der Waals surface area contributed by atoms with E-state index in [9.17, 15) is 4.79 Å². The van der Waals surface area contributed by atoms with Crippen molar-refractivity contribution >= 4 is 6.08 Å². The van der Waals surface area contributed by atoms with Gasteiger partial charge in [-0.2, -0.15) is 0 Å². The van der Waals surface area contributed by atoms with E-state index < -0.39 is 0 Å². The molecule has 0 saturated carbocycles. The summed E-state index contributed by atoms with van der Waals surface area (Å²) in [5.41, 5.74) is 2.06. The standard InChI is InChI=1S/C11H13NO2/c1-3-14-11-5-4-10(6-9(11)2)7-12-8-13/h4-6H,3,7H2,1-2H3. The van der Waals surface area contributed by atoms with Crippen molar-refractivity contribution in [2.24, 2.45) is 4.99 Å². The van der Waals surface area contributed by atoms with Gasteiger partial charge in [0.1, 0.15) is 5.75 Å². The smallest absolute Gasteiger partial charge is 0.235 e. The van der Waals surface area contributed by atoms with Gasteiger partial charge < -0.3 is 4.74 Å². The second-order valence-corrected chi connectivity index (χ2v) is 2.94. The molecule has 0 fully saturated rings. The Morgan fingerprint density at radius 2 is 2.29 bits per heavy atom. The maximum atomic E-state index is 9.92. The molecule has 0 saturated heterocycles. The molecular weight excluding hydrogens is 178 g/mol. The fourth-order valence-electron chi connectivity index (χ4n) is 1.25. The molecule has 3 nitrogen and oxygen atoms in total. The number of isocyanates is 1. The second-order valence-electron chi connectivity index (χ2n) is 2.94. The second kappa shape index (κ2) is 5.20. The number of aryl methyl sites for hydroxylation is 1. The number of carbonyl (C=O) groups excluding carboxylic acids is 1. The molecule has 0 atom stereocenters. The first-order valence-electron chi connectivity index (χ1n) is 4.54. The minimum absolute atomic E-state index is 0.386. The SMILES string of the molecule is CCOc1ccc(CN=C=O)cc1C. The predicted molar refractivity (Wildman–Crippen MR) is 54.2 cm³/mol. The summed E-state index contributed by atoms with van der Waals surface area (Å²) in [6.45, 7) is 4.96. The Kier molecular flexibility index (Phi) is 3.89. The molecule has 0 N–H and O–H groups in total. The van der Waals surface area contributed by atoms with Gasteiger partial charge in [-0.05, 0) is 31.0 Å². The third kappa shape index (κ3) is 2.71. The lowest BCUT2D eigenvalue weighted by Crippen LogP contribution is -1.94. The largest absolute Gasteiger partial charge is 0.494 e. The Morgan fingerprint density at radius 3 is 2.86 bits per heavy atom. The first kappa shape index (κ1) is 10.5. The lowest BCUT2D eigenvalue weighted by molar-refractivity contribution is 0.338. The molecule has 3 heteroatoms. The van der Waals surface area contributed by atoms with Gasteiger partial charge in [0.15, 0.2) is 0 Å². The highest BCUT2D eigenvalue weighted by molar-refractivity contribution is 5.38. The first-order valence-corrected chi connectivity index (χ1v) is 4.54. The molecule has 0 bridgehead atoms. The van der Waals surface area contributed by atoms with E-state index in [2.05, 4.69) is 4.99 Å². The summed E-state index contributed by atoms with van der Waals surface area (Å²) in [6, 6.07) is 5.76. The predicted octanol–water partition coefficient (Wildman–Crippen LogP) is 2.23. The Bertz CT molecular complexity index is 354.